The minimum absolute atomic E-state index is 0.0484. The Labute approximate surface area is 133 Å². The zero-order chi connectivity index (χ0) is 16.6. The number of hydrogen-bond donors (Lipinski definition) is 0. The molecule has 0 aliphatic rings. The summed E-state index contributed by atoms with van der Waals surface area (Å²) in [6, 6.07) is 1.48. The van der Waals surface area contributed by atoms with E-state index in [1.807, 2.05) is 47.7 Å². The van der Waals surface area contributed by atoms with E-state index < -0.39 is 23.0 Å². The molecule has 0 aliphatic carbocycles. The largest absolute Gasteiger partial charge is 0.261 e. The molecule has 0 aromatic carbocycles. The lowest BCUT2D eigenvalue weighted by molar-refractivity contribution is 0.584. The highest BCUT2D eigenvalue weighted by atomic mass is 35.7. The summed E-state index contributed by atoms with van der Waals surface area (Å²) in [5.41, 5.74) is 0.658. The van der Waals surface area contributed by atoms with E-state index in [1.165, 1.54) is 6.07 Å². The van der Waals surface area contributed by atoms with Crippen LogP contribution in [0.5, 0.6) is 0 Å². The minimum Gasteiger partial charge on any atom is -0.261 e. The van der Waals surface area contributed by atoms with E-state index in [0.717, 1.165) is 6.20 Å². The van der Waals surface area contributed by atoms with Crippen LogP contribution in [0.3, 0.4) is 0 Å². The maximum atomic E-state index is 14.0. The molecule has 1 heterocycles. The third kappa shape index (κ3) is 4.26. The Morgan fingerprint density at radius 2 is 1.90 bits per heavy atom. The predicted octanol–water partition coefficient (Wildman–Crippen LogP) is 5.33. The van der Waals surface area contributed by atoms with Gasteiger partial charge in [0.25, 0.3) is 0 Å². The van der Waals surface area contributed by atoms with Crippen molar-refractivity contribution in [3.63, 3.8) is 0 Å². The molecule has 1 aromatic rings. The van der Waals surface area contributed by atoms with Gasteiger partial charge >= 0.3 is 0 Å². The Balaban J connectivity index is 3.51. The van der Waals surface area contributed by atoms with Crippen LogP contribution in [0.2, 0.25) is 18.1 Å². The Hall–Kier alpha value is -0.463. The maximum Gasteiger partial charge on any atom is 0.194 e. The average molecular weight is 351 g/mol. The summed E-state index contributed by atoms with van der Waals surface area (Å²) in [6.45, 7) is 14.0. The molecule has 0 amide bonds. The van der Waals surface area contributed by atoms with Gasteiger partial charge in [-0.25, -0.2) is 8.60 Å². The van der Waals surface area contributed by atoms with Crippen molar-refractivity contribution in [2.45, 2.75) is 63.6 Å². The van der Waals surface area contributed by atoms with Crippen molar-refractivity contribution in [2.75, 3.05) is 0 Å². The van der Waals surface area contributed by atoms with Crippen LogP contribution in [0, 0.1) is 5.82 Å². The Morgan fingerprint density at radius 3 is 2.33 bits per heavy atom. The average Bonchev–Trinajstić information content (AvgIpc) is 2.25. The quantitative estimate of drug-likeness (QED) is 0.546. The molecule has 0 saturated carbocycles. The highest BCUT2D eigenvalue weighted by Gasteiger charge is 2.38. The Bertz CT molecular complexity index is 647. The van der Waals surface area contributed by atoms with Crippen LogP contribution in [-0.2, 0) is 8.94 Å². The SMILES string of the molecule is CC(C)c1cc(S(=O)(Cl)=N[Si](C)(C)C(C)(C)C)c(F)cn1. The normalized spacial score (nSPS) is 15.9. The van der Waals surface area contributed by atoms with E-state index in [-0.39, 0.29) is 15.9 Å². The molecule has 120 valence electrons. The van der Waals surface area contributed by atoms with Crippen LogP contribution in [-0.4, -0.2) is 17.4 Å². The molecule has 0 bridgehead atoms. The van der Waals surface area contributed by atoms with Crippen molar-refractivity contribution in [2.24, 2.45) is 4.03 Å². The molecular weight excluding hydrogens is 327 g/mol. The molecule has 0 fully saturated rings. The lowest BCUT2D eigenvalue weighted by atomic mass is 10.1. The van der Waals surface area contributed by atoms with Crippen LogP contribution < -0.4 is 0 Å². The molecule has 0 saturated heterocycles. The van der Waals surface area contributed by atoms with E-state index in [4.69, 9.17) is 10.7 Å². The van der Waals surface area contributed by atoms with Gasteiger partial charge in [-0.3, -0.25) is 9.01 Å². The molecule has 0 N–H and O–H groups in total. The summed E-state index contributed by atoms with van der Waals surface area (Å²) in [5, 5.41) is -0.116. The van der Waals surface area contributed by atoms with Gasteiger partial charge in [-0.15, -0.1) is 0 Å². The first-order valence-electron chi connectivity index (χ1n) is 6.91. The van der Waals surface area contributed by atoms with Gasteiger partial charge in [-0.05, 0) is 30.1 Å². The molecule has 1 unspecified atom stereocenters. The third-order valence-corrected chi connectivity index (χ3v) is 12.3. The highest BCUT2D eigenvalue weighted by Crippen LogP contribution is 2.39. The van der Waals surface area contributed by atoms with Crippen molar-refractivity contribution in [1.82, 2.24) is 4.98 Å². The lowest BCUT2D eigenvalue weighted by Gasteiger charge is -2.32. The van der Waals surface area contributed by atoms with Gasteiger partial charge in [0.2, 0.25) is 0 Å². The highest BCUT2D eigenvalue weighted by molar-refractivity contribution is 8.16. The van der Waals surface area contributed by atoms with Crippen LogP contribution in [0.15, 0.2) is 21.2 Å². The van der Waals surface area contributed by atoms with Crippen LogP contribution in [0.1, 0.15) is 46.2 Å². The summed E-state index contributed by atoms with van der Waals surface area (Å²) in [5.74, 6) is -0.564. The summed E-state index contributed by atoms with van der Waals surface area (Å²) in [4.78, 5) is 3.96. The molecule has 0 radical (unpaired) electrons. The first kappa shape index (κ1) is 18.6. The molecule has 7 heteroatoms. The van der Waals surface area contributed by atoms with Crippen LogP contribution >= 0.6 is 10.7 Å². The molecule has 1 rings (SSSR count). The molecule has 21 heavy (non-hydrogen) atoms. The molecule has 0 aliphatic heterocycles. The first-order chi connectivity index (χ1) is 9.28. The number of hydrogen-bond acceptors (Lipinski definition) is 3. The zero-order valence-electron chi connectivity index (χ0n) is 13.7. The van der Waals surface area contributed by atoms with E-state index in [0.29, 0.717) is 5.69 Å². The monoisotopic (exact) mass is 350 g/mol. The van der Waals surface area contributed by atoms with Gasteiger partial charge in [0.05, 0.1) is 6.20 Å². The van der Waals surface area contributed by atoms with E-state index in [9.17, 15) is 8.60 Å². The summed E-state index contributed by atoms with van der Waals surface area (Å²) < 4.78 is 31.2. The van der Waals surface area contributed by atoms with Gasteiger partial charge in [-0.1, -0.05) is 34.6 Å². The topological polar surface area (TPSA) is 42.3 Å². The maximum absolute atomic E-state index is 14.0. The van der Waals surface area contributed by atoms with Gasteiger partial charge in [0, 0.05) is 16.4 Å². The summed E-state index contributed by atoms with van der Waals surface area (Å²) >= 11 is 0. The van der Waals surface area contributed by atoms with E-state index in [1.54, 1.807) is 0 Å². The predicted molar refractivity (Wildman–Crippen MR) is 90.2 cm³/mol. The van der Waals surface area contributed by atoms with Crippen LogP contribution in [0.25, 0.3) is 0 Å². The van der Waals surface area contributed by atoms with Gasteiger partial charge in [0.15, 0.2) is 23.0 Å². The fraction of sp³-hybridized carbons (Fsp3) is 0.643. The van der Waals surface area contributed by atoms with Crippen molar-refractivity contribution in [3.8, 4) is 0 Å². The van der Waals surface area contributed by atoms with Gasteiger partial charge < -0.3 is 0 Å². The van der Waals surface area contributed by atoms with Crippen molar-refractivity contribution < 1.29 is 8.60 Å². The Kier molecular flexibility index (Phi) is 5.28. The number of pyridine rings is 1. The number of aromatic nitrogens is 1. The second kappa shape index (κ2) is 5.97. The zero-order valence-corrected chi connectivity index (χ0v) is 16.3. The Morgan fingerprint density at radius 1 is 1.38 bits per heavy atom. The minimum atomic E-state index is -3.29. The molecular formula is C14H24ClFN2OSSi. The summed E-state index contributed by atoms with van der Waals surface area (Å²) in [6.07, 6.45) is 1.08. The first-order valence-corrected chi connectivity index (χ1v) is 12.2. The number of nitrogens with zero attached hydrogens (tertiary/aromatic N) is 2. The standard InChI is InChI=1S/C14H24ClFN2OSSi/c1-10(2)12-8-13(11(16)9-17-12)20(15,19)18-21(6,7)14(3,4)5/h8-10H,1-7H3. The van der Waals surface area contributed by atoms with Crippen molar-refractivity contribution in [3.05, 3.63) is 23.8 Å². The van der Waals surface area contributed by atoms with Crippen LogP contribution in [0.4, 0.5) is 4.39 Å². The third-order valence-electron chi connectivity index (χ3n) is 3.89. The van der Waals surface area contributed by atoms with Crippen molar-refractivity contribution >= 4 is 27.9 Å². The number of halogens is 2. The van der Waals surface area contributed by atoms with E-state index >= 15 is 0 Å². The lowest BCUT2D eigenvalue weighted by Crippen LogP contribution is -2.36. The van der Waals surface area contributed by atoms with E-state index in [2.05, 4.69) is 9.01 Å². The van der Waals surface area contributed by atoms with Gasteiger partial charge in [0.1, 0.15) is 4.90 Å². The van der Waals surface area contributed by atoms with Gasteiger partial charge in [-0.2, -0.15) is 0 Å². The summed E-state index contributed by atoms with van der Waals surface area (Å²) in [7, 11) is 0.608. The fourth-order valence-corrected chi connectivity index (χ4v) is 7.73. The molecule has 3 nitrogen and oxygen atoms in total. The second-order valence-corrected chi connectivity index (χ2v) is 15.0. The molecule has 1 atom stereocenters. The smallest absolute Gasteiger partial charge is 0.194 e. The number of rotatable bonds is 3. The van der Waals surface area contributed by atoms with Crippen molar-refractivity contribution in [1.29, 1.82) is 0 Å². The molecule has 0 spiro atoms. The molecule has 1 aromatic heterocycles. The second-order valence-electron chi connectivity index (χ2n) is 7.05. The fourth-order valence-electron chi connectivity index (χ4n) is 1.42.